The number of piperidine rings is 1. The lowest BCUT2D eigenvalue weighted by Crippen LogP contribution is -2.58. The fraction of sp³-hybridized carbons (Fsp3) is 0.900. The summed E-state index contributed by atoms with van der Waals surface area (Å²) in [5, 5.41) is 10.2. The molecule has 0 bridgehead atoms. The second-order valence-electron chi connectivity index (χ2n) is 4.40. The van der Waals surface area contributed by atoms with Gasteiger partial charge < -0.3 is 15.2 Å². The van der Waals surface area contributed by atoms with Crippen molar-refractivity contribution in [2.75, 3.05) is 19.7 Å². The van der Waals surface area contributed by atoms with Gasteiger partial charge in [0.05, 0.1) is 0 Å². The standard InChI is InChI=1S/C8H13F2NO.C2HF3O2/c9-8(10)5-12-7(8)6-2-1-3-11-4-6;3-2(4,5)1(6)7/h6-7,11H,1-5H2;(H,6,7). The number of alkyl halides is 5. The van der Waals surface area contributed by atoms with E-state index in [-0.39, 0.29) is 12.5 Å². The quantitative estimate of drug-likeness (QED) is 0.721. The maximum atomic E-state index is 12.8. The first-order chi connectivity index (χ1) is 8.64. The molecule has 0 spiro atoms. The van der Waals surface area contributed by atoms with Crippen molar-refractivity contribution in [3.8, 4) is 0 Å². The zero-order valence-electron chi connectivity index (χ0n) is 9.84. The number of hydrogen-bond acceptors (Lipinski definition) is 3. The molecule has 0 saturated carbocycles. The highest BCUT2D eigenvalue weighted by molar-refractivity contribution is 5.73. The van der Waals surface area contributed by atoms with Crippen molar-refractivity contribution in [2.45, 2.75) is 31.0 Å². The topological polar surface area (TPSA) is 58.6 Å². The largest absolute Gasteiger partial charge is 0.490 e. The molecule has 2 fully saturated rings. The van der Waals surface area contributed by atoms with Gasteiger partial charge in [0.2, 0.25) is 0 Å². The normalized spacial score (nSPS) is 29.7. The van der Waals surface area contributed by atoms with Gasteiger partial charge in [0.25, 0.3) is 5.92 Å². The third kappa shape index (κ3) is 4.57. The van der Waals surface area contributed by atoms with Crippen molar-refractivity contribution in [1.29, 1.82) is 0 Å². The summed E-state index contributed by atoms with van der Waals surface area (Å²) < 4.78 is 62.3. The lowest BCUT2D eigenvalue weighted by molar-refractivity contribution is -0.282. The van der Waals surface area contributed by atoms with E-state index in [1.54, 1.807) is 0 Å². The van der Waals surface area contributed by atoms with Crippen LogP contribution in [0.3, 0.4) is 0 Å². The van der Waals surface area contributed by atoms with Gasteiger partial charge in [0, 0.05) is 12.5 Å². The second kappa shape index (κ2) is 6.00. The molecule has 2 rings (SSSR count). The maximum absolute atomic E-state index is 12.8. The fourth-order valence-corrected chi connectivity index (χ4v) is 1.92. The van der Waals surface area contributed by atoms with Crippen LogP contribution in [0.1, 0.15) is 12.8 Å². The zero-order valence-corrected chi connectivity index (χ0v) is 9.84. The van der Waals surface area contributed by atoms with E-state index in [1.807, 2.05) is 0 Å². The summed E-state index contributed by atoms with van der Waals surface area (Å²) in [5.74, 6) is -5.31. The van der Waals surface area contributed by atoms with Gasteiger partial charge in [0.1, 0.15) is 12.7 Å². The lowest BCUT2D eigenvalue weighted by atomic mass is 9.87. The van der Waals surface area contributed by atoms with Crippen molar-refractivity contribution in [1.82, 2.24) is 5.32 Å². The molecule has 2 aliphatic rings. The Morgan fingerprint density at radius 3 is 2.21 bits per heavy atom. The van der Waals surface area contributed by atoms with Gasteiger partial charge in [-0.1, -0.05) is 0 Å². The van der Waals surface area contributed by atoms with Gasteiger partial charge in [-0.3, -0.25) is 0 Å². The number of ether oxygens (including phenoxy) is 1. The van der Waals surface area contributed by atoms with Crippen LogP contribution in [0.25, 0.3) is 0 Å². The molecule has 0 aromatic rings. The number of carboxylic acids is 1. The maximum Gasteiger partial charge on any atom is 0.490 e. The van der Waals surface area contributed by atoms with Crippen LogP contribution >= 0.6 is 0 Å². The Bertz CT molecular complexity index is 315. The number of halogens is 5. The summed E-state index contributed by atoms with van der Waals surface area (Å²) in [6.45, 7) is 1.25. The number of rotatable bonds is 1. The van der Waals surface area contributed by atoms with Crippen molar-refractivity contribution in [3.63, 3.8) is 0 Å². The Hall–Kier alpha value is -0.960. The molecule has 19 heavy (non-hydrogen) atoms. The third-order valence-electron chi connectivity index (χ3n) is 2.88. The van der Waals surface area contributed by atoms with Gasteiger partial charge >= 0.3 is 12.1 Å². The first-order valence-corrected chi connectivity index (χ1v) is 5.65. The van der Waals surface area contributed by atoms with Crippen molar-refractivity contribution >= 4 is 5.97 Å². The number of carbonyl (C=O) groups is 1. The SMILES string of the molecule is FC1(F)COC1C1CCCNC1.O=C(O)C(F)(F)F. The van der Waals surface area contributed by atoms with Crippen LogP contribution in [0.2, 0.25) is 0 Å². The Morgan fingerprint density at radius 2 is 1.95 bits per heavy atom. The van der Waals surface area contributed by atoms with E-state index in [2.05, 4.69) is 5.32 Å². The number of nitrogens with one attached hydrogen (secondary N) is 1. The molecule has 2 unspecified atom stereocenters. The van der Waals surface area contributed by atoms with E-state index in [9.17, 15) is 22.0 Å². The third-order valence-corrected chi connectivity index (χ3v) is 2.88. The Labute approximate surface area is 105 Å². The fourth-order valence-electron chi connectivity index (χ4n) is 1.92. The molecular weight excluding hydrogens is 277 g/mol. The van der Waals surface area contributed by atoms with Crippen LogP contribution < -0.4 is 5.32 Å². The predicted molar refractivity (Wildman–Crippen MR) is 54.0 cm³/mol. The van der Waals surface area contributed by atoms with Crippen LogP contribution in [0, 0.1) is 5.92 Å². The van der Waals surface area contributed by atoms with Gasteiger partial charge in [-0.2, -0.15) is 13.2 Å². The molecule has 9 heteroatoms. The lowest BCUT2D eigenvalue weighted by Gasteiger charge is -2.42. The molecule has 2 atom stereocenters. The summed E-state index contributed by atoms with van der Waals surface area (Å²) in [4.78, 5) is 8.90. The predicted octanol–water partition coefficient (Wildman–Crippen LogP) is 1.65. The van der Waals surface area contributed by atoms with Gasteiger partial charge in [-0.25, -0.2) is 13.6 Å². The van der Waals surface area contributed by atoms with Gasteiger partial charge in [0.15, 0.2) is 0 Å². The van der Waals surface area contributed by atoms with Crippen molar-refractivity contribution in [3.05, 3.63) is 0 Å². The first kappa shape index (κ1) is 16.1. The van der Waals surface area contributed by atoms with Crippen molar-refractivity contribution < 1.29 is 36.6 Å². The van der Waals surface area contributed by atoms with Gasteiger partial charge in [-0.05, 0) is 19.4 Å². The van der Waals surface area contributed by atoms with E-state index in [0.717, 1.165) is 19.4 Å². The van der Waals surface area contributed by atoms with Gasteiger partial charge in [-0.15, -0.1) is 0 Å². The van der Waals surface area contributed by atoms with Crippen molar-refractivity contribution in [2.24, 2.45) is 5.92 Å². The Kier molecular flexibility index (Phi) is 5.08. The molecule has 0 aromatic heterocycles. The molecule has 0 radical (unpaired) electrons. The summed E-state index contributed by atoms with van der Waals surface area (Å²) in [6.07, 6.45) is -4.04. The molecular formula is C10H14F5NO3. The highest BCUT2D eigenvalue weighted by atomic mass is 19.4. The molecule has 2 N–H and O–H groups in total. The monoisotopic (exact) mass is 291 g/mol. The summed E-state index contributed by atoms with van der Waals surface area (Å²) in [7, 11) is 0. The Morgan fingerprint density at radius 1 is 1.37 bits per heavy atom. The smallest absolute Gasteiger partial charge is 0.475 e. The van der Waals surface area contributed by atoms with E-state index >= 15 is 0 Å². The molecule has 0 aliphatic carbocycles. The Balaban J connectivity index is 0.000000224. The highest BCUT2D eigenvalue weighted by Gasteiger charge is 2.53. The van der Waals surface area contributed by atoms with Crippen LogP contribution in [-0.2, 0) is 9.53 Å². The molecule has 0 aromatic carbocycles. The van der Waals surface area contributed by atoms with E-state index in [1.165, 1.54) is 0 Å². The van der Waals surface area contributed by atoms with E-state index < -0.39 is 24.2 Å². The summed E-state index contributed by atoms with van der Waals surface area (Å²) in [5.41, 5.74) is 0. The average molecular weight is 291 g/mol. The average Bonchev–Trinajstić information content (AvgIpc) is 2.28. The number of aliphatic carboxylic acids is 1. The van der Waals surface area contributed by atoms with Crippen LogP contribution in [0.4, 0.5) is 22.0 Å². The molecule has 2 saturated heterocycles. The van der Waals surface area contributed by atoms with Crippen LogP contribution in [-0.4, -0.2) is 49.0 Å². The molecule has 2 aliphatic heterocycles. The molecule has 4 nitrogen and oxygen atoms in total. The first-order valence-electron chi connectivity index (χ1n) is 5.65. The summed E-state index contributed by atoms with van der Waals surface area (Å²) in [6, 6.07) is 0. The minimum atomic E-state index is -5.08. The number of hydrogen-bond donors (Lipinski definition) is 2. The molecule has 2 heterocycles. The van der Waals surface area contributed by atoms with Crippen LogP contribution in [0.5, 0.6) is 0 Å². The molecule has 112 valence electrons. The van der Waals surface area contributed by atoms with Crippen LogP contribution in [0.15, 0.2) is 0 Å². The zero-order chi connectivity index (χ0) is 14.7. The minimum absolute atomic E-state index is 0.0162. The summed E-state index contributed by atoms with van der Waals surface area (Å²) >= 11 is 0. The van der Waals surface area contributed by atoms with E-state index in [0.29, 0.717) is 6.54 Å². The number of carboxylic acid groups (broad SMARTS) is 1. The minimum Gasteiger partial charge on any atom is -0.475 e. The second-order valence-corrected chi connectivity index (χ2v) is 4.40. The van der Waals surface area contributed by atoms with E-state index in [4.69, 9.17) is 14.6 Å². The highest BCUT2D eigenvalue weighted by Crippen LogP contribution is 2.38. The molecule has 0 amide bonds.